The minimum Gasteiger partial charge on any atom is -0.336 e. The van der Waals surface area contributed by atoms with Crippen molar-refractivity contribution < 1.29 is 4.79 Å². The van der Waals surface area contributed by atoms with E-state index in [9.17, 15) is 4.79 Å². The van der Waals surface area contributed by atoms with Gasteiger partial charge in [0.15, 0.2) is 0 Å². The SMILES string of the molecule is O=C(CSc1ncccc1Cl)N(C1CCCC1)C1CC1. The van der Waals surface area contributed by atoms with Gasteiger partial charge in [0.1, 0.15) is 5.03 Å². The van der Waals surface area contributed by atoms with Gasteiger partial charge in [0.25, 0.3) is 0 Å². The van der Waals surface area contributed by atoms with Gasteiger partial charge in [-0.3, -0.25) is 4.79 Å². The van der Waals surface area contributed by atoms with Crippen LogP contribution in [0, 0.1) is 0 Å². The second-order valence-corrected chi connectivity index (χ2v) is 6.92. The molecule has 0 aromatic carbocycles. The fourth-order valence-corrected chi connectivity index (χ4v) is 3.96. The molecule has 5 heteroatoms. The number of pyridine rings is 1. The second kappa shape index (κ2) is 6.35. The highest BCUT2D eigenvalue weighted by molar-refractivity contribution is 8.00. The summed E-state index contributed by atoms with van der Waals surface area (Å²) in [5.41, 5.74) is 0. The van der Waals surface area contributed by atoms with Crippen LogP contribution in [0.2, 0.25) is 5.02 Å². The van der Waals surface area contributed by atoms with E-state index in [1.165, 1.54) is 50.3 Å². The van der Waals surface area contributed by atoms with Gasteiger partial charge in [0.05, 0.1) is 10.8 Å². The van der Waals surface area contributed by atoms with E-state index < -0.39 is 0 Å². The molecule has 0 N–H and O–H groups in total. The molecule has 2 saturated carbocycles. The normalized spacial score (nSPS) is 19.2. The summed E-state index contributed by atoms with van der Waals surface area (Å²) in [5, 5.41) is 1.38. The highest BCUT2D eigenvalue weighted by Crippen LogP contribution is 2.35. The number of hydrogen-bond donors (Lipinski definition) is 0. The first-order valence-corrected chi connectivity index (χ1v) is 8.66. The van der Waals surface area contributed by atoms with E-state index in [4.69, 9.17) is 11.6 Å². The molecule has 2 fully saturated rings. The molecule has 108 valence electrons. The fraction of sp³-hybridized carbons (Fsp3) is 0.600. The van der Waals surface area contributed by atoms with Gasteiger partial charge in [-0.15, -0.1) is 0 Å². The molecule has 0 unspecified atom stereocenters. The monoisotopic (exact) mass is 310 g/mol. The predicted octanol–water partition coefficient (Wildman–Crippen LogP) is 3.76. The van der Waals surface area contributed by atoms with Crippen LogP contribution in [0.5, 0.6) is 0 Å². The van der Waals surface area contributed by atoms with Crippen LogP contribution in [-0.2, 0) is 4.79 Å². The predicted molar refractivity (Wildman–Crippen MR) is 82.1 cm³/mol. The van der Waals surface area contributed by atoms with E-state index in [1.807, 2.05) is 12.1 Å². The number of thioether (sulfide) groups is 1. The lowest BCUT2D eigenvalue weighted by Gasteiger charge is -2.29. The Morgan fingerprint density at radius 1 is 1.30 bits per heavy atom. The molecule has 3 rings (SSSR count). The molecular formula is C15H19ClN2OS. The molecule has 0 aliphatic heterocycles. The third-order valence-electron chi connectivity index (χ3n) is 4.00. The maximum Gasteiger partial charge on any atom is 0.233 e. The Bertz CT molecular complexity index is 487. The molecule has 3 nitrogen and oxygen atoms in total. The van der Waals surface area contributed by atoms with Gasteiger partial charge < -0.3 is 4.90 Å². The number of hydrogen-bond acceptors (Lipinski definition) is 3. The summed E-state index contributed by atoms with van der Waals surface area (Å²) in [6.07, 6.45) is 8.96. The number of halogens is 1. The molecular weight excluding hydrogens is 292 g/mol. The highest BCUT2D eigenvalue weighted by atomic mass is 35.5. The first-order valence-electron chi connectivity index (χ1n) is 7.30. The number of carbonyl (C=O) groups is 1. The van der Waals surface area contributed by atoms with Gasteiger partial charge in [-0.25, -0.2) is 4.98 Å². The summed E-state index contributed by atoms with van der Waals surface area (Å²) in [5.74, 6) is 0.704. The average Bonchev–Trinajstić information content (AvgIpc) is 3.13. The van der Waals surface area contributed by atoms with E-state index in [-0.39, 0.29) is 5.91 Å². The zero-order valence-corrected chi connectivity index (χ0v) is 13.0. The van der Waals surface area contributed by atoms with Crippen molar-refractivity contribution in [1.82, 2.24) is 9.88 Å². The van der Waals surface area contributed by atoms with E-state index in [0.717, 1.165) is 5.03 Å². The summed E-state index contributed by atoms with van der Waals surface area (Å²) in [6, 6.07) is 4.61. The Balaban J connectivity index is 1.61. The summed E-state index contributed by atoms with van der Waals surface area (Å²) >= 11 is 7.53. The molecule has 0 atom stereocenters. The molecule has 1 aromatic rings. The lowest BCUT2D eigenvalue weighted by molar-refractivity contribution is -0.131. The number of aromatic nitrogens is 1. The molecule has 1 aromatic heterocycles. The van der Waals surface area contributed by atoms with Crippen molar-refractivity contribution in [3.05, 3.63) is 23.4 Å². The third kappa shape index (κ3) is 3.29. The number of carbonyl (C=O) groups excluding carboxylic acids is 1. The van der Waals surface area contributed by atoms with Crippen molar-refractivity contribution in [2.24, 2.45) is 0 Å². The van der Waals surface area contributed by atoms with Crippen LogP contribution >= 0.6 is 23.4 Å². The summed E-state index contributed by atoms with van der Waals surface area (Å²) in [6.45, 7) is 0. The van der Waals surface area contributed by atoms with Crippen molar-refractivity contribution in [3.8, 4) is 0 Å². The van der Waals surface area contributed by atoms with Gasteiger partial charge in [0, 0.05) is 18.3 Å². The lowest BCUT2D eigenvalue weighted by Crippen LogP contribution is -2.41. The van der Waals surface area contributed by atoms with Crippen molar-refractivity contribution in [2.75, 3.05) is 5.75 Å². The maximum absolute atomic E-state index is 12.5. The Hall–Kier alpha value is -0.740. The van der Waals surface area contributed by atoms with Gasteiger partial charge in [0.2, 0.25) is 5.91 Å². The Labute approximate surface area is 129 Å². The minimum atomic E-state index is 0.256. The quantitative estimate of drug-likeness (QED) is 0.776. The van der Waals surface area contributed by atoms with Gasteiger partial charge in [-0.2, -0.15) is 0 Å². The Morgan fingerprint density at radius 3 is 2.65 bits per heavy atom. The number of rotatable bonds is 5. The lowest BCUT2D eigenvalue weighted by atomic mass is 10.2. The summed E-state index contributed by atoms with van der Waals surface area (Å²) in [4.78, 5) is 18.9. The van der Waals surface area contributed by atoms with Gasteiger partial charge in [-0.1, -0.05) is 36.2 Å². The standard InChI is InChI=1S/C15H19ClN2OS/c16-13-6-3-9-17-15(13)20-10-14(19)18(12-7-8-12)11-4-1-2-5-11/h3,6,9,11-12H,1-2,4-5,7-8,10H2. The Morgan fingerprint density at radius 2 is 2.00 bits per heavy atom. The average molecular weight is 311 g/mol. The smallest absolute Gasteiger partial charge is 0.233 e. The highest BCUT2D eigenvalue weighted by Gasteiger charge is 2.38. The zero-order valence-electron chi connectivity index (χ0n) is 11.4. The van der Waals surface area contributed by atoms with Crippen LogP contribution in [0.15, 0.2) is 23.4 Å². The summed E-state index contributed by atoms with van der Waals surface area (Å²) < 4.78 is 0. The number of nitrogens with zero attached hydrogens (tertiary/aromatic N) is 2. The molecule has 20 heavy (non-hydrogen) atoms. The van der Waals surface area contributed by atoms with E-state index in [1.54, 1.807) is 6.20 Å². The van der Waals surface area contributed by atoms with E-state index in [2.05, 4.69) is 9.88 Å². The molecule has 0 radical (unpaired) electrons. The molecule has 0 saturated heterocycles. The van der Waals surface area contributed by atoms with Crippen molar-refractivity contribution in [2.45, 2.75) is 55.6 Å². The van der Waals surface area contributed by atoms with Crippen LogP contribution < -0.4 is 0 Å². The largest absolute Gasteiger partial charge is 0.336 e. The summed E-state index contributed by atoms with van der Waals surface area (Å²) in [7, 11) is 0. The van der Waals surface area contributed by atoms with Crippen molar-refractivity contribution in [1.29, 1.82) is 0 Å². The third-order valence-corrected chi connectivity index (χ3v) is 5.41. The number of amides is 1. The van der Waals surface area contributed by atoms with Crippen LogP contribution in [-0.4, -0.2) is 33.6 Å². The van der Waals surface area contributed by atoms with Gasteiger partial charge in [-0.05, 0) is 37.8 Å². The fourth-order valence-electron chi connectivity index (χ4n) is 2.92. The van der Waals surface area contributed by atoms with Crippen LogP contribution in [0.4, 0.5) is 0 Å². The first kappa shape index (κ1) is 14.2. The van der Waals surface area contributed by atoms with Crippen molar-refractivity contribution >= 4 is 29.3 Å². The van der Waals surface area contributed by atoms with Crippen LogP contribution in [0.25, 0.3) is 0 Å². The molecule has 2 aliphatic carbocycles. The van der Waals surface area contributed by atoms with E-state index in [0.29, 0.717) is 22.9 Å². The minimum absolute atomic E-state index is 0.256. The Kier molecular flexibility index (Phi) is 4.51. The zero-order chi connectivity index (χ0) is 13.9. The molecule has 2 aliphatic rings. The molecule has 0 spiro atoms. The molecule has 1 amide bonds. The molecule has 1 heterocycles. The topological polar surface area (TPSA) is 33.2 Å². The first-order chi connectivity index (χ1) is 9.75. The second-order valence-electron chi connectivity index (χ2n) is 5.55. The van der Waals surface area contributed by atoms with Gasteiger partial charge >= 0.3 is 0 Å². The molecule has 0 bridgehead atoms. The maximum atomic E-state index is 12.5. The van der Waals surface area contributed by atoms with Crippen molar-refractivity contribution in [3.63, 3.8) is 0 Å². The van der Waals surface area contributed by atoms with E-state index >= 15 is 0 Å². The van der Waals surface area contributed by atoms with Crippen LogP contribution in [0.3, 0.4) is 0 Å². The van der Waals surface area contributed by atoms with Crippen LogP contribution in [0.1, 0.15) is 38.5 Å².